The number of aryl methyl sites for hydroxylation is 2. The van der Waals surface area contributed by atoms with E-state index in [0.29, 0.717) is 5.56 Å². The molecule has 0 aliphatic heterocycles. The van der Waals surface area contributed by atoms with Gasteiger partial charge in [-0.25, -0.2) is 4.79 Å². The largest absolute Gasteiger partial charge is 0.468 e. The van der Waals surface area contributed by atoms with Crippen molar-refractivity contribution in [2.75, 3.05) is 27.3 Å². The van der Waals surface area contributed by atoms with E-state index in [0.717, 1.165) is 16.0 Å². The molecule has 1 rings (SSSR count). The van der Waals surface area contributed by atoms with Crippen LogP contribution in [0.2, 0.25) is 0 Å². The first kappa shape index (κ1) is 26.9. The number of benzene rings is 1. The number of amides is 3. The molecule has 0 aliphatic carbocycles. The van der Waals surface area contributed by atoms with Crippen LogP contribution in [-0.4, -0.2) is 72.8 Å². The molecule has 0 aromatic heterocycles. The monoisotopic (exact) mass is 451 g/mol. The third kappa shape index (κ3) is 7.52. The molecule has 10 heteroatoms. The van der Waals surface area contributed by atoms with Gasteiger partial charge >= 0.3 is 12.1 Å². The molecule has 0 fully saturated rings. The minimum Gasteiger partial charge on any atom is -0.468 e. The number of carbonyl (C=O) groups is 4. The molecule has 178 valence electrons. The van der Waals surface area contributed by atoms with Crippen LogP contribution in [0.1, 0.15) is 43.5 Å². The first-order chi connectivity index (χ1) is 14.8. The van der Waals surface area contributed by atoms with Gasteiger partial charge in [-0.15, -0.1) is 0 Å². The summed E-state index contributed by atoms with van der Waals surface area (Å²) in [6, 6.07) is 2.95. The number of aliphatic hydroxyl groups is 1. The second kappa shape index (κ2) is 11.5. The molecule has 10 nitrogen and oxygen atoms in total. The lowest BCUT2D eigenvalue weighted by Gasteiger charge is -2.32. The number of nitrogens with one attached hydrogen (secondary N) is 2. The fraction of sp³-hybridized carbons (Fsp3) is 0.545. The van der Waals surface area contributed by atoms with E-state index in [-0.39, 0.29) is 6.54 Å². The van der Waals surface area contributed by atoms with Crippen LogP contribution < -0.4 is 10.6 Å². The highest BCUT2D eigenvalue weighted by Gasteiger charge is 2.35. The zero-order valence-electron chi connectivity index (χ0n) is 19.6. The fourth-order valence-electron chi connectivity index (χ4n) is 3.10. The van der Waals surface area contributed by atoms with Crippen molar-refractivity contribution in [2.45, 2.75) is 52.3 Å². The van der Waals surface area contributed by atoms with Crippen LogP contribution in [0.5, 0.6) is 0 Å². The number of methoxy groups -OCH3 is 1. The Balaban J connectivity index is 3.24. The van der Waals surface area contributed by atoms with Crippen LogP contribution in [0.3, 0.4) is 0 Å². The molecule has 0 aliphatic rings. The quantitative estimate of drug-likeness (QED) is 0.502. The normalized spacial score (nSPS) is 12.9. The van der Waals surface area contributed by atoms with E-state index in [9.17, 15) is 24.3 Å². The van der Waals surface area contributed by atoms with E-state index in [2.05, 4.69) is 15.4 Å². The lowest BCUT2D eigenvalue weighted by atomic mass is 9.94. The summed E-state index contributed by atoms with van der Waals surface area (Å²) >= 11 is 0. The first-order valence-electron chi connectivity index (χ1n) is 10.1. The number of nitrogens with zero attached hydrogens (tertiary/aromatic N) is 1. The summed E-state index contributed by atoms with van der Waals surface area (Å²) in [6.07, 6.45) is -0.878. The summed E-state index contributed by atoms with van der Waals surface area (Å²) in [4.78, 5) is 50.9. The molecule has 0 radical (unpaired) electrons. The number of carbonyl (C=O) groups excluding carboxylic acids is 4. The summed E-state index contributed by atoms with van der Waals surface area (Å²) in [6.45, 7) is 7.50. The predicted octanol–water partition coefficient (Wildman–Crippen LogP) is 0.978. The van der Waals surface area contributed by atoms with E-state index >= 15 is 0 Å². The van der Waals surface area contributed by atoms with Gasteiger partial charge in [0.2, 0.25) is 11.8 Å². The molecule has 2 atom stereocenters. The minimum atomic E-state index is -1.34. The van der Waals surface area contributed by atoms with Crippen molar-refractivity contribution in [2.24, 2.45) is 0 Å². The number of likely N-dealkylation sites (N-methyl/N-ethyl adjacent to an activating group) is 1. The molecule has 3 amide bonds. The van der Waals surface area contributed by atoms with Crippen molar-refractivity contribution < 1.29 is 33.8 Å². The molecule has 0 bridgehead atoms. The number of alkyl carbamates (subject to hydrolysis) is 1. The number of hydrogen-bond acceptors (Lipinski definition) is 7. The maximum Gasteiger partial charge on any atom is 0.408 e. The Morgan fingerprint density at radius 2 is 1.69 bits per heavy atom. The van der Waals surface area contributed by atoms with Crippen molar-refractivity contribution in [1.29, 1.82) is 0 Å². The molecule has 2 unspecified atom stereocenters. The molecule has 3 N–H and O–H groups in total. The number of aliphatic hydroxyl groups excluding tert-OH is 1. The van der Waals surface area contributed by atoms with Gasteiger partial charge in [0, 0.05) is 7.05 Å². The molecule has 0 saturated carbocycles. The summed E-state index contributed by atoms with van der Waals surface area (Å²) in [5.41, 5.74) is 1.28. The number of hydrogen-bond donors (Lipinski definition) is 3. The van der Waals surface area contributed by atoms with Gasteiger partial charge in [0.15, 0.2) is 0 Å². The molecule has 1 aromatic carbocycles. The SMILES string of the molecule is COC(=O)CNC(=O)C(c1c(C)cccc1C)N(C)C(=O)C(CO)NC(=O)OC(C)(C)C. The highest BCUT2D eigenvalue weighted by Crippen LogP contribution is 2.27. The lowest BCUT2D eigenvalue weighted by molar-refractivity contribution is -0.144. The smallest absolute Gasteiger partial charge is 0.408 e. The van der Waals surface area contributed by atoms with Crippen molar-refractivity contribution in [3.63, 3.8) is 0 Å². The highest BCUT2D eigenvalue weighted by atomic mass is 16.6. The van der Waals surface area contributed by atoms with Gasteiger partial charge in [-0.2, -0.15) is 0 Å². The maximum absolute atomic E-state index is 13.1. The fourth-order valence-corrected chi connectivity index (χ4v) is 3.10. The summed E-state index contributed by atoms with van der Waals surface area (Å²) in [5.74, 6) is -1.97. The Labute approximate surface area is 188 Å². The molecule has 0 spiro atoms. The van der Waals surface area contributed by atoms with Crippen LogP contribution in [0.4, 0.5) is 4.79 Å². The van der Waals surface area contributed by atoms with Gasteiger partial charge in [-0.05, 0) is 51.3 Å². The Hall–Kier alpha value is -3.14. The molecule has 0 saturated heterocycles. The number of esters is 1. The zero-order valence-corrected chi connectivity index (χ0v) is 19.6. The molecular weight excluding hydrogens is 418 g/mol. The second-order valence-electron chi connectivity index (χ2n) is 8.33. The van der Waals surface area contributed by atoms with E-state index in [4.69, 9.17) is 4.74 Å². The zero-order chi connectivity index (χ0) is 24.6. The third-order valence-electron chi connectivity index (χ3n) is 4.61. The standard InChI is InChI=1S/C22H33N3O7/c1-13-9-8-10-14(2)17(13)18(19(28)23-11-16(27)31-7)25(6)20(29)15(12-26)24-21(30)32-22(3,4)5/h8-10,15,18,26H,11-12H2,1-7H3,(H,23,28)(H,24,30). The van der Waals surface area contributed by atoms with E-state index in [1.807, 2.05) is 6.07 Å². The molecule has 32 heavy (non-hydrogen) atoms. The minimum absolute atomic E-state index is 0.377. The highest BCUT2D eigenvalue weighted by molar-refractivity contribution is 5.93. The van der Waals surface area contributed by atoms with Gasteiger partial charge < -0.3 is 30.1 Å². The van der Waals surface area contributed by atoms with Gasteiger partial charge in [-0.3, -0.25) is 14.4 Å². The van der Waals surface area contributed by atoms with E-state index in [1.165, 1.54) is 14.2 Å². The first-order valence-corrected chi connectivity index (χ1v) is 10.1. The van der Waals surface area contributed by atoms with Crippen LogP contribution >= 0.6 is 0 Å². The Bertz CT molecular complexity index is 828. The summed E-state index contributed by atoms with van der Waals surface area (Å²) < 4.78 is 9.70. The Kier molecular flexibility index (Phi) is 9.64. The van der Waals surface area contributed by atoms with Gasteiger partial charge in [-0.1, -0.05) is 18.2 Å². The predicted molar refractivity (Wildman–Crippen MR) is 117 cm³/mol. The summed E-state index contributed by atoms with van der Waals surface area (Å²) in [7, 11) is 2.58. The van der Waals surface area contributed by atoms with Crippen LogP contribution in [-0.2, 0) is 23.9 Å². The molecule has 1 aromatic rings. The van der Waals surface area contributed by atoms with E-state index in [1.54, 1.807) is 46.8 Å². The van der Waals surface area contributed by atoms with Crippen molar-refractivity contribution >= 4 is 23.9 Å². The van der Waals surface area contributed by atoms with Crippen molar-refractivity contribution in [3.8, 4) is 0 Å². The van der Waals surface area contributed by atoms with Gasteiger partial charge in [0.25, 0.3) is 0 Å². The average Bonchev–Trinajstić information content (AvgIpc) is 2.70. The van der Waals surface area contributed by atoms with Gasteiger partial charge in [0.05, 0.1) is 13.7 Å². The van der Waals surface area contributed by atoms with E-state index < -0.39 is 48.2 Å². The summed E-state index contributed by atoms with van der Waals surface area (Å²) in [5, 5.41) is 14.5. The number of rotatable bonds is 8. The van der Waals surface area contributed by atoms with Gasteiger partial charge in [0.1, 0.15) is 24.2 Å². The third-order valence-corrected chi connectivity index (χ3v) is 4.61. The van der Waals surface area contributed by atoms with Crippen molar-refractivity contribution in [1.82, 2.24) is 15.5 Å². The van der Waals surface area contributed by atoms with Crippen LogP contribution in [0, 0.1) is 13.8 Å². The van der Waals surface area contributed by atoms with Crippen molar-refractivity contribution in [3.05, 3.63) is 34.9 Å². The van der Waals surface area contributed by atoms with Crippen LogP contribution in [0.15, 0.2) is 18.2 Å². The Morgan fingerprint density at radius 1 is 1.12 bits per heavy atom. The topological polar surface area (TPSA) is 134 Å². The molecule has 0 heterocycles. The number of ether oxygens (including phenoxy) is 2. The van der Waals surface area contributed by atoms with Crippen LogP contribution in [0.25, 0.3) is 0 Å². The lowest BCUT2D eigenvalue weighted by Crippen LogP contribution is -2.53. The maximum atomic E-state index is 13.1. The average molecular weight is 452 g/mol. The Morgan fingerprint density at radius 3 is 2.16 bits per heavy atom. The second-order valence-corrected chi connectivity index (χ2v) is 8.33. The molecular formula is C22H33N3O7.